The van der Waals surface area contributed by atoms with Crippen molar-refractivity contribution in [3.63, 3.8) is 0 Å². The Labute approximate surface area is 102 Å². The van der Waals surface area contributed by atoms with E-state index in [2.05, 4.69) is 0 Å². The molecule has 0 aliphatic heterocycles. The van der Waals surface area contributed by atoms with Crippen LogP contribution in [0.5, 0.6) is 0 Å². The Hall–Kier alpha value is -0.640. The monoisotopic (exact) mass is 247 g/mol. The first kappa shape index (κ1) is 15.4. The van der Waals surface area contributed by atoms with Crippen LogP contribution in [0.4, 0.5) is 4.39 Å². The Morgan fingerprint density at radius 1 is 1.31 bits per heavy atom. The number of aliphatic hydroxyl groups is 1. The largest absolute Gasteiger partial charge is 0.391 e. The Morgan fingerprint density at radius 3 is 2.31 bits per heavy atom. The van der Waals surface area contributed by atoms with Gasteiger partial charge in [0.1, 0.15) is 5.82 Å². The zero-order valence-corrected chi connectivity index (χ0v) is 10.6. The highest BCUT2D eigenvalue weighted by molar-refractivity contribution is 5.85. The summed E-state index contributed by atoms with van der Waals surface area (Å²) >= 11 is 0. The highest BCUT2D eigenvalue weighted by Gasteiger charge is 2.22. The summed E-state index contributed by atoms with van der Waals surface area (Å²) in [6.07, 6.45) is -0.720. The molecule has 0 amide bonds. The second-order valence-electron chi connectivity index (χ2n) is 4.29. The molecule has 16 heavy (non-hydrogen) atoms. The molecule has 0 saturated heterocycles. The molecule has 0 aliphatic rings. The molecule has 1 rings (SSSR count). The van der Waals surface area contributed by atoms with Crippen LogP contribution in [0.1, 0.15) is 31.0 Å². The van der Waals surface area contributed by atoms with Gasteiger partial charge in [-0.15, -0.1) is 12.4 Å². The molecular weight excluding hydrogens is 229 g/mol. The molecule has 0 aromatic heterocycles. The Bertz CT molecular complexity index is 344. The van der Waals surface area contributed by atoms with E-state index >= 15 is 0 Å². The lowest BCUT2D eigenvalue weighted by molar-refractivity contribution is 0.0966. The number of hydrogen-bond donors (Lipinski definition) is 2. The lowest BCUT2D eigenvalue weighted by atomic mass is 9.93. The summed E-state index contributed by atoms with van der Waals surface area (Å²) in [6.45, 7) is 5.53. The predicted octanol–water partition coefficient (Wildman–Crippen LogP) is 2.57. The smallest absolute Gasteiger partial charge is 0.128 e. The third-order valence-electron chi connectivity index (χ3n) is 2.57. The third kappa shape index (κ3) is 3.44. The van der Waals surface area contributed by atoms with Crippen molar-refractivity contribution in [3.05, 3.63) is 35.1 Å². The summed E-state index contributed by atoms with van der Waals surface area (Å²) < 4.78 is 13.5. The van der Waals surface area contributed by atoms with Gasteiger partial charge in [-0.2, -0.15) is 0 Å². The molecule has 0 radical (unpaired) electrons. The predicted molar refractivity (Wildman–Crippen MR) is 66.2 cm³/mol. The number of halogens is 2. The molecular formula is C12H19ClFNO. The minimum Gasteiger partial charge on any atom is -0.391 e. The van der Waals surface area contributed by atoms with Gasteiger partial charge in [0.2, 0.25) is 0 Å². The molecule has 0 bridgehead atoms. The van der Waals surface area contributed by atoms with E-state index in [0.717, 1.165) is 5.56 Å². The number of aryl methyl sites for hydroxylation is 1. The van der Waals surface area contributed by atoms with Crippen molar-refractivity contribution in [2.75, 3.05) is 0 Å². The van der Waals surface area contributed by atoms with Gasteiger partial charge in [0, 0.05) is 5.56 Å². The number of benzene rings is 1. The van der Waals surface area contributed by atoms with Crippen LogP contribution in [-0.4, -0.2) is 11.2 Å². The molecule has 2 atom stereocenters. The number of rotatable bonds is 3. The summed E-state index contributed by atoms with van der Waals surface area (Å²) in [7, 11) is 0. The van der Waals surface area contributed by atoms with E-state index in [9.17, 15) is 9.50 Å². The Balaban J connectivity index is 0.00000225. The van der Waals surface area contributed by atoms with Gasteiger partial charge in [-0.05, 0) is 24.5 Å². The summed E-state index contributed by atoms with van der Waals surface area (Å²) in [6, 6.07) is 4.21. The molecule has 3 N–H and O–H groups in total. The van der Waals surface area contributed by atoms with E-state index in [1.165, 1.54) is 6.07 Å². The quantitative estimate of drug-likeness (QED) is 0.863. The highest BCUT2D eigenvalue weighted by atomic mass is 35.5. The molecule has 0 heterocycles. The maximum Gasteiger partial charge on any atom is 0.128 e. The van der Waals surface area contributed by atoms with Crippen LogP contribution in [-0.2, 0) is 0 Å². The fourth-order valence-corrected chi connectivity index (χ4v) is 1.50. The van der Waals surface area contributed by atoms with E-state index in [1.54, 1.807) is 12.1 Å². The Morgan fingerprint density at radius 2 is 1.88 bits per heavy atom. The number of hydrogen-bond acceptors (Lipinski definition) is 2. The third-order valence-corrected chi connectivity index (χ3v) is 2.57. The molecule has 0 unspecified atom stereocenters. The first-order chi connectivity index (χ1) is 6.93. The van der Waals surface area contributed by atoms with Gasteiger partial charge in [-0.1, -0.05) is 26.0 Å². The first-order valence-electron chi connectivity index (χ1n) is 5.13. The summed E-state index contributed by atoms with van der Waals surface area (Å²) in [5.74, 6) is -0.331. The molecule has 1 aromatic rings. The van der Waals surface area contributed by atoms with Gasteiger partial charge in [-0.25, -0.2) is 4.39 Å². The van der Waals surface area contributed by atoms with Crippen LogP contribution < -0.4 is 5.73 Å². The zero-order valence-electron chi connectivity index (χ0n) is 9.77. The molecule has 92 valence electrons. The molecule has 2 nitrogen and oxygen atoms in total. The van der Waals surface area contributed by atoms with Crippen LogP contribution in [0.15, 0.2) is 18.2 Å². The molecule has 0 spiro atoms. The van der Waals surface area contributed by atoms with Crippen LogP contribution in [0.3, 0.4) is 0 Å². The van der Waals surface area contributed by atoms with Crippen LogP contribution >= 0.6 is 12.4 Å². The molecule has 4 heteroatoms. The van der Waals surface area contributed by atoms with E-state index in [0.29, 0.717) is 5.56 Å². The van der Waals surface area contributed by atoms with E-state index in [1.807, 2.05) is 20.8 Å². The first-order valence-corrected chi connectivity index (χ1v) is 5.13. The second-order valence-corrected chi connectivity index (χ2v) is 4.29. The molecule has 0 fully saturated rings. The van der Waals surface area contributed by atoms with Crippen molar-refractivity contribution in [3.8, 4) is 0 Å². The average Bonchev–Trinajstić information content (AvgIpc) is 2.15. The van der Waals surface area contributed by atoms with Crippen LogP contribution in [0, 0.1) is 18.7 Å². The Kier molecular flexibility index (Phi) is 5.94. The average molecular weight is 248 g/mol. The van der Waals surface area contributed by atoms with Crippen LogP contribution in [0.25, 0.3) is 0 Å². The maximum absolute atomic E-state index is 13.5. The second kappa shape index (κ2) is 6.18. The number of nitrogens with two attached hydrogens (primary N) is 1. The van der Waals surface area contributed by atoms with Crippen LogP contribution in [0.2, 0.25) is 0 Å². The van der Waals surface area contributed by atoms with Gasteiger partial charge in [0.05, 0.1) is 12.1 Å². The van der Waals surface area contributed by atoms with Crippen molar-refractivity contribution < 1.29 is 9.50 Å². The summed E-state index contributed by atoms with van der Waals surface area (Å²) in [4.78, 5) is 0. The van der Waals surface area contributed by atoms with Gasteiger partial charge >= 0.3 is 0 Å². The standard InChI is InChI=1S/C12H18FNO.ClH/c1-7(2)12(15)11(14)9-5-4-8(3)6-10(9)13;/h4-7,11-12,15H,14H2,1-3H3;1H/t11-,12+;/m0./s1. The van der Waals surface area contributed by atoms with Crippen molar-refractivity contribution in [2.24, 2.45) is 11.7 Å². The van der Waals surface area contributed by atoms with Gasteiger partial charge in [-0.3, -0.25) is 0 Å². The van der Waals surface area contributed by atoms with Crippen molar-refractivity contribution in [2.45, 2.75) is 32.9 Å². The summed E-state index contributed by atoms with van der Waals surface area (Å²) in [5.41, 5.74) is 7.03. The lowest BCUT2D eigenvalue weighted by Gasteiger charge is -2.22. The molecule has 0 saturated carbocycles. The lowest BCUT2D eigenvalue weighted by Crippen LogP contribution is -2.31. The minimum absolute atomic E-state index is 0. The molecule has 0 aliphatic carbocycles. The fourth-order valence-electron chi connectivity index (χ4n) is 1.50. The highest BCUT2D eigenvalue weighted by Crippen LogP contribution is 2.22. The number of aliphatic hydroxyl groups excluding tert-OH is 1. The topological polar surface area (TPSA) is 46.2 Å². The van der Waals surface area contributed by atoms with Crippen molar-refractivity contribution in [1.82, 2.24) is 0 Å². The van der Waals surface area contributed by atoms with Gasteiger partial charge in [0.15, 0.2) is 0 Å². The molecule has 1 aromatic carbocycles. The van der Waals surface area contributed by atoms with E-state index in [4.69, 9.17) is 5.73 Å². The minimum atomic E-state index is -0.720. The van der Waals surface area contributed by atoms with Crippen molar-refractivity contribution >= 4 is 12.4 Å². The zero-order chi connectivity index (χ0) is 11.6. The van der Waals surface area contributed by atoms with Gasteiger partial charge < -0.3 is 10.8 Å². The normalized spacial score (nSPS) is 14.4. The van der Waals surface area contributed by atoms with Gasteiger partial charge in [0.25, 0.3) is 0 Å². The van der Waals surface area contributed by atoms with E-state index < -0.39 is 12.1 Å². The van der Waals surface area contributed by atoms with E-state index in [-0.39, 0.29) is 24.1 Å². The van der Waals surface area contributed by atoms with Crippen molar-refractivity contribution in [1.29, 1.82) is 0 Å². The SMILES string of the molecule is Cc1ccc([C@H](N)[C@H](O)C(C)C)c(F)c1.Cl. The maximum atomic E-state index is 13.5. The fraction of sp³-hybridized carbons (Fsp3) is 0.500. The summed E-state index contributed by atoms with van der Waals surface area (Å²) in [5, 5.41) is 9.75.